The number of nitrogens with one attached hydrogen (secondary N) is 1. The Kier molecular flexibility index (Phi) is 6.41. The van der Waals surface area contributed by atoms with Gasteiger partial charge in [0.05, 0.1) is 10.5 Å². The minimum atomic E-state index is -3.88. The molecule has 164 valence electrons. The van der Waals surface area contributed by atoms with Crippen molar-refractivity contribution in [2.45, 2.75) is 25.7 Å². The number of amides is 1. The molecular formula is C19H20F2N6O3S. The topological polar surface area (TPSA) is 110 Å². The maximum Gasteiger partial charge on any atom is 0.258 e. The zero-order valence-electron chi connectivity index (χ0n) is 17.0. The van der Waals surface area contributed by atoms with Crippen LogP contribution >= 0.6 is 0 Å². The number of carbonyl (C=O) groups is 1. The molecule has 1 N–H and O–H groups in total. The van der Waals surface area contributed by atoms with Crippen molar-refractivity contribution in [1.29, 1.82) is 0 Å². The third kappa shape index (κ3) is 4.44. The SMILES string of the molecule is CCN(CC)S(=O)(=O)c1ccc(F)c(C(=O)Nc2ccc(F)c(-n3nnnc3C)c2)c1. The molecule has 0 fully saturated rings. The number of aromatic nitrogens is 4. The molecular weight excluding hydrogens is 430 g/mol. The van der Waals surface area contributed by atoms with E-state index in [4.69, 9.17) is 0 Å². The summed E-state index contributed by atoms with van der Waals surface area (Å²) in [6, 6.07) is 6.68. The van der Waals surface area contributed by atoms with Crippen molar-refractivity contribution in [1.82, 2.24) is 24.5 Å². The standard InChI is InChI=1S/C19H20F2N6O3S/c1-4-26(5-2)31(29,30)14-7-9-16(20)15(11-14)19(28)22-13-6-8-17(21)18(10-13)27-12(3)23-24-25-27/h6-11H,4-5H2,1-3H3,(H,22,28). The Balaban J connectivity index is 1.94. The first-order valence-electron chi connectivity index (χ1n) is 9.35. The van der Waals surface area contributed by atoms with Crippen molar-refractivity contribution in [3.63, 3.8) is 0 Å². The lowest BCUT2D eigenvalue weighted by atomic mass is 10.2. The molecule has 31 heavy (non-hydrogen) atoms. The van der Waals surface area contributed by atoms with Crippen molar-refractivity contribution < 1.29 is 22.0 Å². The van der Waals surface area contributed by atoms with E-state index in [9.17, 15) is 22.0 Å². The highest BCUT2D eigenvalue weighted by Gasteiger charge is 2.24. The van der Waals surface area contributed by atoms with Gasteiger partial charge in [-0.2, -0.15) is 8.99 Å². The van der Waals surface area contributed by atoms with Crippen LogP contribution in [-0.4, -0.2) is 51.9 Å². The summed E-state index contributed by atoms with van der Waals surface area (Å²) in [7, 11) is -3.88. The van der Waals surface area contributed by atoms with Crippen LogP contribution in [0.1, 0.15) is 30.0 Å². The zero-order chi connectivity index (χ0) is 22.8. The van der Waals surface area contributed by atoms with Gasteiger partial charge in [0, 0.05) is 18.8 Å². The molecule has 0 unspecified atom stereocenters. The third-order valence-electron chi connectivity index (χ3n) is 4.58. The number of hydrogen-bond donors (Lipinski definition) is 1. The van der Waals surface area contributed by atoms with E-state index >= 15 is 0 Å². The van der Waals surface area contributed by atoms with Crippen molar-refractivity contribution in [2.75, 3.05) is 18.4 Å². The molecule has 0 spiro atoms. The molecule has 12 heteroatoms. The molecule has 0 atom stereocenters. The first kappa shape index (κ1) is 22.4. The second-order valence-electron chi connectivity index (χ2n) is 6.49. The molecule has 1 aromatic heterocycles. The van der Waals surface area contributed by atoms with Crippen LogP contribution in [0.2, 0.25) is 0 Å². The van der Waals surface area contributed by atoms with E-state index in [1.54, 1.807) is 20.8 Å². The molecule has 3 aromatic rings. The predicted molar refractivity (Wildman–Crippen MR) is 108 cm³/mol. The molecule has 3 rings (SSSR count). The minimum absolute atomic E-state index is 0.0152. The Morgan fingerprint density at radius 3 is 2.39 bits per heavy atom. The number of anilines is 1. The van der Waals surface area contributed by atoms with Gasteiger partial charge in [0.25, 0.3) is 5.91 Å². The number of halogens is 2. The second-order valence-corrected chi connectivity index (χ2v) is 8.43. The van der Waals surface area contributed by atoms with Crippen LogP contribution in [-0.2, 0) is 10.0 Å². The largest absolute Gasteiger partial charge is 0.322 e. The van der Waals surface area contributed by atoms with Gasteiger partial charge in [0.1, 0.15) is 17.3 Å². The second kappa shape index (κ2) is 8.86. The Hall–Kier alpha value is -3.25. The van der Waals surface area contributed by atoms with Crippen LogP contribution in [0, 0.1) is 18.6 Å². The zero-order valence-corrected chi connectivity index (χ0v) is 17.8. The van der Waals surface area contributed by atoms with E-state index in [0.29, 0.717) is 5.82 Å². The Morgan fingerprint density at radius 1 is 1.10 bits per heavy atom. The van der Waals surface area contributed by atoms with Gasteiger partial charge in [-0.05, 0) is 53.7 Å². The molecule has 0 saturated heterocycles. The molecule has 0 aliphatic heterocycles. The van der Waals surface area contributed by atoms with Gasteiger partial charge in [-0.15, -0.1) is 5.10 Å². The van der Waals surface area contributed by atoms with Crippen molar-refractivity contribution in [3.8, 4) is 5.69 Å². The fraction of sp³-hybridized carbons (Fsp3) is 0.263. The molecule has 1 heterocycles. The van der Waals surface area contributed by atoms with Crippen LogP contribution in [0.25, 0.3) is 5.69 Å². The monoisotopic (exact) mass is 450 g/mol. The highest BCUT2D eigenvalue weighted by atomic mass is 32.2. The summed E-state index contributed by atoms with van der Waals surface area (Å²) in [6.07, 6.45) is 0. The van der Waals surface area contributed by atoms with Gasteiger partial charge in [0.2, 0.25) is 10.0 Å². The van der Waals surface area contributed by atoms with Crippen LogP contribution in [0.5, 0.6) is 0 Å². The first-order valence-corrected chi connectivity index (χ1v) is 10.8. The highest BCUT2D eigenvalue weighted by molar-refractivity contribution is 7.89. The van der Waals surface area contributed by atoms with Gasteiger partial charge in [-0.25, -0.2) is 17.2 Å². The number of carbonyl (C=O) groups excluding carboxylic acids is 1. The van der Waals surface area contributed by atoms with Gasteiger partial charge >= 0.3 is 0 Å². The predicted octanol–water partition coefficient (Wildman–Crippen LogP) is 2.53. The average molecular weight is 450 g/mol. The van der Waals surface area contributed by atoms with Gasteiger partial charge in [-0.3, -0.25) is 4.79 Å². The lowest BCUT2D eigenvalue weighted by Gasteiger charge is -2.19. The number of nitrogens with zero attached hydrogens (tertiary/aromatic N) is 5. The number of aryl methyl sites for hydroxylation is 1. The Bertz CT molecular complexity index is 1230. The van der Waals surface area contributed by atoms with Crippen molar-refractivity contribution in [3.05, 3.63) is 59.4 Å². The number of tetrazole rings is 1. The lowest BCUT2D eigenvalue weighted by molar-refractivity contribution is 0.102. The van der Waals surface area contributed by atoms with Crippen LogP contribution in [0.3, 0.4) is 0 Å². The Morgan fingerprint density at radius 2 is 1.77 bits per heavy atom. The summed E-state index contributed by atoms with van der Waals surface area (Å²) >= 11 is 0. The molecule has 0 bridgehead atoms. The normalized spacial score (nSPS) is 11.7. The summed E-state index contributed by atoms with van der Waals surface area (Å²) < 4.78 is 56.3. The van der Waals surface area contributed by atoms with Gasteiger partial charge in [-0.1, -0.05) is 13.8 Å². The summed E-state index contributed by atoms with van der Waals surface area (Å²) in [5.74, 6) is -2.09. The van der Waals surface area contributed by atoms with Crippen molar-refractivity contribution >= 4 is 21.6 Å². The smallest absolute Gasteiger partial charge is 0.258 e. The summed E-state index contributed by atoms with van der Waals surface area (Å²) in [5, 5.41) is 13.3. The molecule has 9 nitrogen and oxygen atoms in total. The molecule has 0 aliphatic carbocycles. The quantitative estimate of drug-likeness (QED) is 0.592. The molecule has 2 aromatic carbocycles. The maximum absolute atomic E-state index is 14.3. The van der Waals surface area contributed by atoms with E-state index in [2.05, 4.69) is 20.8 Å². The first-order chi connectivity index (χ1) is 14.7. The number of benzene rings is 2. The summed E-state index contributed by atoms with van der Waals surface area (Å²) in [6.45, 7) is 5.38. The van der Waals surface area contributed by atoms with Crippen LogP contribution in [0.4, 0.5) is 14.5 Å². The van der Waals surface area contributed by atoms with E-state index in [0.717, 1.165) is 28.9 Å². The molecule has 0 aliphatic rings. The summed E-state index contributed by atoms with van der Waals surface area (Å²) in [5.41, 5.74) is -0.330. The number of hydrogen-bond acceptors (Lipinski definition) is 6. The molecule has 0 saturated carbocycles. The maximum atomic E-state index is 14.3. The fourth-order valence-electron chi connectivity index (χ4n) is 2.96. The van der Waals surface area contributed by atoms with E-state index < -0.39 is 33.1 Å². The molecule has 1 amide bonds. The summed E-state index contributed by atoms with van der Waals surface area (Å²) in [4.78, 5) is 12.5. The van der Waals surface area contributed by atoms with Crippen LogP contribution in [0.15, 0.2) is 41.3 Å². The molecule has 0 radical (unpaired) electrons. The lowest BCUT2D eigenvalue weighted by Crippen LogP contribution is -2.31. The van der Waals surface area contributed by atoms with Crippen LogP contribution < -0.4 is 5.32 Å². The van der Waals surface area contributed by atoms with E-state index in [1.807, 2.05) is 0 Å². The van der Waals surface area contributed by atoms with Gasteiger partial charge in [0.15, 0.2) is 5.82 Å². The third-order valence-corrected chi connectivity index (χ3v) is 6.63. The van der Waals surface area contributed by atoms with E-state index in [1.165, 1.54) is 16.4 Å². The number of sulfonamides is 1. The highest BCUT2D eigenvalue weighted by Crippen LogP contribution is 2.22. The van der Waals surface area contributed by atoms with E-state index in [-0.39, 0.29) is 29.4 Å². The minimum Gasteiger partial charge on any atom is -0.322 e. The average Bonchev–Trinajstić information content (AvgIpc) is 3.16. The fourth-order valence-corrected chi connectivity index (χ4v) is 4.44. The number of rotatable bonds is 7. The van der Waals surface area contributed by atoms with Gasteiger partial charge < -0.3 is 5.32 Å². The Labute approximate surface area is 177 Å². The van der Waals surface area contributed by atoms with Crippen molar-refractivity contribution in [2.24, 2.45) is 0 Å².